The van der Waals surface area contributed by atoms with E-state index in [1.807, 2.05) is 25.2 Å². The van der Waals surface area contributed by atoms with Crippen LogP contribution in [0.5, 0.6) is 0 Å². The van der Waals surface area contributed by atoms with E-state index in [2.05, 4.69) is 20.7 Å². The van der Waals surface area contributed by atoms with Crippen LogP contribution in [0.15, 0.2) is 67.1 Å². The fourth-order valence-corrected chi connectivity index (χ4v) is 3.49. The van der Waals surface area contributed by atoms with Gasteiger partial charge in [0.05, 0.1) is 17.3 Å². The van der Waals surface area contributed by atoms with Crippen molar-refractivity contribution in [3.05, 3.63) is 83.8 Å². The molecule has 0 bridgehead atoms. The predicted octanol–water partition coefficient (Wildman–Crippen LogP) is 2.49. The summed E-state index contributed by atoms with van der Waals surface area (Å²) in [4.78, 5) is 31.0. The Morgan fingerprint density at radius 3 is 2.53 bits per heavy atom. The SMILES string of the molecule is CNCCNC(=O)c1ccc(-c2cnn3ccc(C(=O)N(C)c4ccc(C#N)cn4)cc23)cc1. The monoisotopic (exact) mass is 453 g/mol. The van der Waals surface area contributed by atoms with E-state index < -0.39 is 0 Å². The van der Waals surface area contributed by atoms with Crippen molar-refractivity contribution in [2.75, 3.05) is 32.1 Å². The number of rotatable bonds is 7. The van der Waals surface area contributed by atoms with Gasteiger partial charge in [0.2, 0.25) is 0 Å². The first kappa shape index (κ1) is 22.6. The maximum absolute atomic E-state index is 13.1. The van der Waals surface area contributed by atoms with Crippen LogP contribution in [0.4, 0.5) is 5.82 Å². The number of hydrogen-bond acceptors (Lipinski definition) is 6. The molecule has 1 aromatic carbocycles. The van der Waals surface area contributed by atoms with Gasteiger partial charge in [-0.1, -0.05) is 12.1 Å². The van der Waals surface area contributed by atoms with Gasteiger partial charge < -0.3 is 10.6 Å². The lowest BCUT2D eigenvalue weighted by atomic mass is 10.0. The highest BCUT2D eigenvalue weighted by Crippen LogP contribution is 2.26. The highest BCUT2D eigenvalue weighted by molar-refractivity contribution is 6.06. The lowest BCUT2D eigenvalue weighted by molar-refractivity contribution is 0.0952. The minimum absolute atomic E-state index is 0.131. The molecule has 0 saturated heterocycles. The van der Waals surface area contributed by atoms with Crippen molar-refractivity contribution < 1.29 is 9.59 Å². The summed E-state index contributed by atoms with van der Waals surface area (Å²) in [6, 6.07) is 16.0. The molecule has 0 saturated carbocycles. The number of carbonyl (C=O) groups is 2. The molecule has 0 aliphatic rings. The topological polar surface area (TPSA) is 115 Å². The number of nitrogens with one attached hydrogen (secondary N) is 2. The van der Waals surface area contributed by atoms with Gasteiger partial charge in [-0.05, 0) is 49.0 Å². The van der Waals surface area contributed by atoms with Crippen molar-refractivity contribution >= 4 is 23.1 Å². The van der Waals surface area contributed by atoms with Gasteiger partial charge in [-0.3, -0.25) is 14.5 Å². The Bertz CT molecular complexity index is 1370. The summed E-state index contributed by atoms with van der Waals surface area (Å²) < 4.78 is 1.70. The zero-order valence-electron chi connectivity index (χ0n) is 18.8. The number of carbonyl (C=O) groups excluding carboxylic acids is 2. The largest absolute Gasteiger partial charge is 0.351 e. The van der Waals surface area contributed by atoms with E-state index in [0.29, 0.717) is 35.6 Å². The van der Waals surface area contributed by atoms with E-state index in [4.69, 9.17) is 5.26 Å². The second-order valence-corrected chi connectivity index (χ2v) is 7.62. The Hall–Kier alpha value is -4.55. The van der Waals surface area contributed by atoms with Crippen LogP contribution in [0, 0.1) is 11.3 Å². The first-order valence-electron chi connectivity index (χ1n) is 10.7. The Balaban J connectivity index is 1.58. The van der Waals surface area contributed by atoms with E-state index in [9.17, 15) is 9.59 Å². The van der Waals surface area contributed by atoms with E-state index in [0.717, 1.165) is 16.6 Å². The smallest absolute Gasteiger partial charge is 0.259 e. The molecule has 2 amide bonds. The molecule has 0 atom stereocenters. The van der Waals surface area contributed by atoms with Gasteiger partial charge in [0, 0.05) is 49.2 Å². The maximum atomic E-state index is 13.1. The zero-order chi connectivity index (χ0) is 24.1. The van der Waals surface area contributed by atoms with E-state index in [1.165, 1.54) is 11.1 Å². The molecule has 0 aliphatic carbocycles. The first-order chi connectivity index (χ1) is 16.5. The van der Waals surface area contributed by atoms with Crippen LogP contribution in [-0.4, -0.2) is 53.6 Å². The molecule has 9 heteroatoms. The molecular formula is C25H23N7O2. The summed E-state index contributed by atoms with van der Waals surface area (Å²) in [6.07, 6.45) is 4.90. The van der Waals surface area contributed by atoms with Crippen molar-refractivity contribution in [3.8, 4) is 17.2 Å². The number of likely N-dealkylation sites (N-methyl/N-ethyl adjacent to an activating group) is 1. The molecular weight excluding hydrogens is 430 g/mol. The Morgan fingerprint density at radius 1 is 1.06 bits per heavy atom. The van der Waals surface area contributed by atoms with Gasteiger partial charge in [0.25, 0.3) is 11.8 Å². The summed E-state index contributed by atoms with van der Waals surface area (Å²) in [6.45, 7) is 1.25. The van der Waals surface area contributed by atoms with Crippen LogP contribution >= 0.6 is 0 Å². The van der Waals surface area contributed by atoms with Gasteiger partial charge in [0.15, 0.2) is 0 Å². The van der Waals surface area contributed by atoms with Crippen molar-refractivity contribution in [1.29, 1.82) is 5.26 Å². The highest BCUT2D eigenvalue weighted by Gasteiger charge is 2.17. The molecule has 0 spiro atoms. The molecule has 3 heterocycles. The fourth-order valence-electron chi connectivity index (χ4n) is 3.49. The minimum atomic E-state index is -0.236. The van der Waals surface area contributed by atoms with Crippen LogP contribution in [0.2, 0.25) is 0 Å². The number of fused-ring (bicyclic) bond motifs is 1. The average Bonchev–Trinajstić information content (AvgIpc) is 3.31. The normalized spacial score (nSPS) is 10.6. The third-order valence-electron chi connectivity index (χ3n) is 5.41. The van der Waals surface area contributed by atoms with Gasteiger partial charge in [-0.15, -0.1) is 0 Å². The Morgan fingerprint density at radius 2 is 1.85 bits per heavy atom. The van der Waals surface area contributed by atoms with Gasteiger partial charge in [0.1, 0.15) is 11.9 Å². The number of pyridine rings is 2. The van der Waals surface area contributed by atoms with Crippen LogP contribution in [0.3, 0.4) is 0 Å². The number of benzene rings is 1. The first-order valence-corrected chi connectivity index (χ1v) is 10.7. The van der Waals surface area contributed by atoms with Gasteiger partial charge in [-0.25, -0.2) is 9.50 Å². The number of nitrogens with zero attached hydrogens (tertiary/aromatic N) is 5. The summed E-state index contributed by atoms with van der Waals surface area (Å²) in [7, 11) is 3.47. The van der Waals surface area contributed by atoms with Crippen molar-refractivity contribution in [2.24, 2.45) is 0 Å². The van der Waals surface area contributed by atoms with Crippen molar-refractivity contribution in [1.82, 2.24) is 25.2 Å². The molecule has 4 rings (SSSR count). The molecule has 0 unspecified atom stereocenters. The average molecular weight is 454 g/mol. The summed E-state index contributed by atoms with van der Waals surface area (Å²) in [5, 5.41) is 19.2. The van der Waals surface area contributed by atoms with Crippen molar-refractivity contribution in [2.45, 2.75) is 0 Å². The van der Waals surface area contributed by atoms with Gasteiger partial charge in [-0.2, -0.15) is 10.4 Å². The molecule has 0 aliphatic heterocycles. The fraction of sp³-hybridized carbons (Fsp3) is 0.160. The molecule has 2 N–H and O–H groups in total. The second-order valence-electron chi connectivity index (χ2n) is 7.62. The Kier molecular flexibility index (Phi) is 6.62. The molecule has 34 heavy (non-hydrogen) atoms. The molecule has 170 valence electrons. The number of anilines is 1. The van der Waals surface area contributed by atoms with E-state index in [-0.39, 0.29) is 11.8 Å². The number of aromatic nitrogens is 3. The second kappa shape index (κ2) is 9.94. The highest BCUT2D eigenvalue weighted by atomic mass is 16.2. The quantitative estimate of drug-likeness (QED) is 0.416. The molecule has 3 aromatic heterocycles. The lowest BCUT2D eigenvalue weighted by Crippen LogP contribution is -2.30. The predicted molar refractivity (Wildman–Crippen MR) is 129 cm³/mol. The molecule has 9 nitrogen and oxygen atoms in total. The number of hydrogen-bond donors (Lipinski definition) is 2. The Labute approximate surface area is 196 Å². The third kappa shape index (κ3) is 4.62. The molecule has 0 fully saturated rings. The van der Waals surface area contributed by atoms with Crippen LogP contribution in [-0.2, 0) is 0 Å². The lowest BCUT2D eigenvalue weighted by Gasteiger charge is -2.16. The maximum Gasteiger partial charge on any atom is 0.259 e. The van der Waals surface area contributed by atoms with Crippen LogP contribution in [0.25, 0.3) is 16.6 Å². The number of amides is 2. The molecule has 4 aromatic rings. The molecule has 0 radical (unpaired) electrons. The summed E-state index contributed by atoms with van der Waals surface area (Å²) >= 11 is 0. The standard InChI is InChI=1S/C25H23N7O2/c1-27-10-11-28-24(33)19-6-4-18(5-7-19)21-16-30-32-12-9-20(13-22(21)32)25(34)31(2)23-8-3-17(14-26)15-29-23/h3-9,12-13,15-16,27H,10-11H2,1-2H3,(H,28,33). The zero-order valence-corrected chi connectivity index (χ0v) is 18.8. The van der Waals surface area contributed by atoms with E-state index in [1.54, 1.807) is 60.4 Å². The third-order valence-corrected chi connectivity index (χ3v) is 5.41. The van der Waals surface area contributed by atoms with Gasteiger partial charge >= 0.3 is 0 Å². The van der Waals surface area contributed by atoms with E-state index >= 15 is 0 Å². The summed E-state index contributed by atoms with van der Waals surface area (Å²) in [5.74, 6) is 0.0793. The minimum Gasteiger partial charge on any atom is -0.351 e. The summed E-state index contributed by atoms with van der Waals surface area (Å²) in [5.41, 5.74) is 3.96. The van der Waals surface area contributed by atoms with Crippen LogP contribution in [0.1, 0.15) is 26.3 Å². The van der Waals surface area contributed by atoms with Crippen LogP contribution < -0.4 is 15.5 Å². The van der Waals surface area contributed by atoms with Crippen molar-refractivity contribution in [3.63, 3.8) is 0 Å². The number of nitriles is 1.